The summed E-state index contributed by atoms with van der Waals surface area (Å²) in [4.78, 5) is 63.4. The number of alkyl halides is 1. The van der Waals surface area contributed by atoms with Gasteiger partial charge in [0, 0.05) is 44.7 Å². The highest BCUT2D eigenvalue weighted by atomic mass is 79.9. The first-order valence-corrected chi connectivity index (χ1v) is 26.6. The van der Waals surface area contributed by atoms with Crippen LogP contribution in [0.4, 0.5) is 19.2 Å². The molecular weight excluding hydrogens is 977 g/mol. The summed E-state index contributed by atoms with van der Waals surface area (Å²) >= 11 is 3.25. The van der Waals surface area contributed by atoms with Crippen molar-refractivity contribution in [2.75, 3.05) is 51.3 Å². The molecule has 3 rings (SSSR count). The molecule has 2 heterocycles. The van der Waals surface area contributed by atoms with Gasteiger partial charge in [0.15, 0.2) is 0 Å². The molecule has 2 saturated heterocycles. The van der Waals surface area contributed by atoms with Gasteiger partial charge in [-0.2, -0.15) is 8.42 Å². The van der Waals surface area contributed by atoms with Crippen molar-refractivity contribution < 1.29 is 55.8 Å². The Bertz CT molecular complexity index is 1900. The number of aliphatic hydroxyl groups excluding tert-OH is 1. The highest BCUT2D eigenvalue weighted by Crippen LogP contribution is 2.25. The van der Waals surface area contributed by atoms with Crippen molar-refractivity contribution in [1.29, 1.82) is 0 Å². The predicted molar refractivity (Wildman–Crippen MR) is 273 cm³/mol. The molecule has 0 spiro atoms. The van der Waals surface area contributed by atoms with E-state index in [1.54, 1.807) is 107 Å². The lowest BCUT2D eigenvalue weighted by molar-refractivity contribution is 0.0339. The Morgan fingerprint density at radius 1 is 0.710 bits per heavy atom. The minimum Gasteiger partial charge on any atom is -0.444 e. The van der Waals surface area contributed by atoms with Crippen LogP contribution < -0.4 is 5.32 Å². The zero-order chi connectivity index (χ0) is 52.8. The normalized spacial score (nSPS) is 15.7. The number of carbonyl (C=O) groups is 4. The van der Waals surface area contributed by atoms with Gasteiger partial charge in [0.05, 0.1) is 11.5 Å². The second kappa shape index (κ2) is 29.4. The van der Waals surface area contributed by atoms with Gasteiger partial charge in [-0.3, -0.25) is 9.50 Å². The number of likely N-dealkylation sites (tertiary alicyclic amines) is 2. The Kier molecular flexibility index (Phi) is 26.8. The summed E-state index contributed by atoms with van der Waals surface area (Å²) in [6, 6.07) is 6.56. The summed E-state index contributed by atoms with van der Waals surface area (Å²) < 4.78 is 51.8. The number of ether oxygens (including phenoxy) is 4. The number of aliphatic imine (C=N–C) groups is 2. The number of halogens is 1. The standard InChI is InChI=1S/C28H45N3O7S.C18H33N3O5.C3H7Br/c1-9-17-31(26(33)38-28(6,7)8)24(29-25(32)37-27(3,4)5)30-18-14-22(15-19-30)16-20-36-39(34,35)23-12-10-21(2)11-13-23;1-17(2,3)25-15(23)19-14(20-16(24)26-18(4,5)6)21-10-7-13(8-11-21)9-12-22;1-2-3-4/h10-13,22H,9,14-20H2,1-8H3;13,22H,7-12H2,1-6H3,(H,19,20,23,24);2-3H2,1H3. The number of hydrogen-bond acceptors (Lipinski definition) is 12. The van der Waals surface area contributed by atoms with Crippen LogP contribution in [0.15, 0.2) is 39.1 Å². The fourth-order valence-electron chi connectivity index (χ4n) is 6.56. The lowest BCUT2D eigenvalue weighted by Crippen LogP contribution is -2.52. The summed E-state index contributed by atoms with van der Waals surface area (Å²) in [5.41, 5.74) is -1.81. The summed E-state index contributed by atoms with van der Waals surface area (Å²) in [5, 5.41) is 12.8. The van der Waals surface area contributed by atoms with Crippen LogP contribution in [0.25, 0.3) is 0 Å². The van der Waals surface area contributed by atoms with Gasteiger partial charge in [0.25, 0.3) is 10.1 Å². The molecule has 1 aromatic carbocycles. The van der Waals surface area contributed by atoms with Crippen molar-refractivity contribution in [3.63, 3.8) is 0 Å². The number of rotatable bonds is 10. The number of aryl methyl sites for hydroxylation is 1. The zero-order valence-electron chi connectivity index (χ0n) is 44.2. The first kappa shape index (κ1) is 63.0. The van der Waals surface area contributed by atoms with Gasteiger partial charge in [-0.15, -0.1) is 9.98 Å². The van der Waals surface area contributed by atoms with E-state index in [4.69, 9.17) is 28.2 Å². The average Bonchev–Trinajstić information content (AvgIpc) is 3.20. The predicted octanol–water partition coefficient (Wildman–Crippen LogP) is 10.4. The fraction of sp³-hybridized carbons (Fsp3) is 0.755. The van der Waals surface area contributed by atoms with Crippen LogP contribution in [0, 0.1) is 18.8 Å². The van der Waals surface area contributed by atoms with E-state index >= 15 is 0 Å². The van der Waals surface area contributed by atoms with E-state index in [9.17, 15) is 27.6 Å². The van der Waals surface area contributed by atoms with Crippen molar-refractivity contribution in [2.24, 2.45) is 21.8 Å². The minimum absolute atomic E-state index is 0.0829. The molecule has 2 aliphatic rings. The summed E-state index contributed by atoms with van der Waals surface area (Å²) in [6.07, 6.45) is 3.55. The molecule has 0 saturated carbocycles. The molecule has 69 heavy (non-hydrogen) atoms. The number of carbonyl (C=O) groups excluding carboxylic acids is 4. The average molecular weight is 1060 g/mol. The number of benzene rings is 1. The number of piperidine rings is 2. The molecule has 396 valence electrons. The number of nitrogens with zero attached hydrogens (tertiary/aromatic N) is 5. The number of amides is 4. The summed E-state index contributed by atoms with van der Waals surface area (Å²) in [5.74, 6) is 0.992. The molecule has 0 aliphatic carbocycles. The van der Waals surface area contributed by atoms with Gasteiger partial charge in [0.1, 0.15) is 22.4 Å². The van der Waals surface area contributed by atoms with E-state index in [2.05, 4.69) is 38.2 Å². The second-order valence-corrected chi connectivity index (χ2v) is 23.4. The SMILES string of the molecule is CC(C)(C)OC(=O)N=C(NC(=O)OC(C)(C)C)N1CCC(CCO)CC1.CCCBr.CCCN(C(=O)OC(C)(C)C)C(=NC(=O)OC(C)(C)C)N1CCC(CCOS(=O)(=O)c2ccc(C)cc2)CC1. The molecule has 2 N–H and O–H groups in total. The third kappa shape index (κ3) is 27.8. The highest BCUT2D eigenvalue weighted by Gasteiger charge is 2.33. The Hall–Kier alpha value is -4.01. The third-order valence-electron chi connectivity index (χ3n) is 9.70. The second-order valence-electron chi connectivity index (χ2n) is 21.0. The first-order valence-electron chi connectivity index (χ1n) is 24.1. The topological polar surface area (TPSA) is 215 Å². The number of hydrogen-bond donors (Lipinski definition) is 2. The van der Waals surface area contributed by atoms with Gasteiger partial charge in [-0.25, -0.2) is 24.1 Å². The maximum absolute atomic E-state index is 13.1. The number of guanidine groups is 2. The van der Waals surface area contributed by atoms with Gasteiger partial charge in [-0.1, -0.05) is 47.5 Å². The molecule has 18 nitrogen and oxygen atoms in total. The lowest BCUT2D eigenvalue weighted by Gasteiger charge is -2.38. The molecule has 2 aliphatic heterocycles. The zero-order valence-corrected chi connectivity index (χ0v) is 46.6. The molecular formula is C49H85BrN6O12S. The van der Waals surface area contributed by atoms with E-state index in [-0.39, 0.29) is 35.9 Å². The minimum atomic E-state index is -3.81. The monoisotopic (exact) mass is 1060 g/mol. The third-order valence-corrected chi connectivity index (χ3v) is 11.8. The Labute approximate surface area is 421 Å². The van der Waals surface area contributed by atoms with Crippen molar-refractivity contribution in [2.45, 2.75) is 183 Å². The molecule has 0 atom stereocenters. The van der Waals surface area contributed by atoms with Gasteiger partial charge < -0.3 is 33.9 Å². The maximum Gasteiger partial charge on any atom is 0.437 e. The van der Waals surface area contributed by atoms with E-state index in [0.717, 1.165) is 43.0 Å². The van der Waals surface area contributed by atoms with Crippen LogP contribution in [-0.4, -0.2) is 138 Å². The smallest absolute Gasteiger partial charge is 0.437 e. The largest absolute Gasteiger partial charge is 0.444 e. The van der Waals surface area contributed by atoms with Gasteiger partial charge in [-0.05, 0) is 165 Å². The van der Waals surface area contributed by atoms with Crippen LogP contribution in [0.1, 0.15) is 154 Å². The quantitative estimate of drug-likeness (QED) is 0.0733. The van der Waals surface area contributed by atoms with Crippen molar-refractivity contribution in [1.82, 2.24) is 20.0 Å². The molecule has 20 heteroatoms. The Balaban J connectivity index is 0.000000685. The van der Waals surface area contributed by atoms with Crippen molar-refractivity contribution in [3.8, 4) is 0 Å². The Morgan fingerprint density at radius 2 is 1.16 bits per heavy atom. The van der Waals surface area contributed by atoms with Crippen LogP contribution in [0.2, 0.25) is 0 Å². The molecule has 2 fully saturated rings. The van der Waals surface area contributed by atoms with Gasteiger partial charge in [0.2, 0.25) is 11.9 Å². The maximum atomic E-state index is 13.1. The number of nitrogens with one attached hydrogen (secondary N) is 1. The molecule has 4 amide bonds. The van der Waals surface area contributed by atoms with Crippen LogP contribution in [0.3, 0.4) is 0 Å². The highest BCUT2D eigenvalue weighted by molar-refractivity contribution is 9.09. The van der Waals surface area contributed by atoms with E-state index in [1.807, 2.05) is 23.6 Å². The fourth-order valence-corrected chi connectivity index (χ4v) is 7.48. The summed E-state index contributed by atoms with van der Waals surface area (Å²) in [7, 11) is -3.81. The van der Waals surface area contributed by atoms with Crippen LogP contribution in [-0.2, 0) is 33.2 Å². The number of aliphatic hydroxyl groups is 1. The van der Waals surface area contributed by atoms with E-state index in [1.165, 1.54) is 11.3 Å². The van der Waals surface area contributed by atoms with Gasteiger partial charge >= 0.3 is 24.4 Å². The van der Waals surface area contributed by atoms with Crippen molar-refractivity contribution >= 4 is 62.3 Å². The lowest BCUT2D eigenvalue weighted by atomic mass is 9.94. The number of alkyl carbamates (subject to hydrolysis) is 1. The summed E-state index contributed by atoms with van der Waals surface area (Å²) in [6.45, 7) is 30.0. The molecule has 0 bridgehead atoms. The van der Waals surface area contributed by atoms with Crippen LogP contribution >= 0.6 is 15.9 Å². The molecule has 0 radical (unpaired) electrons. The van der Waals surface area contributed by atoms with E-state index < -0.39 is 56.9 Å². The van der Waals surface area contributed by atoms with E-state index in [0.29, 0.717) is 51.5 Å². The molecule has 1 aromatic rings. The first-order chi connectivity index (χ1) is 31.8. The van der Waals surface area contributed by atoms with Crippen LogP contribution in [0.5, 0.6) is 0 Å². The molecule has 0 unspecified atom stereocenters. The van der Waals surface area contributed by atoms with Crippen molar-refractivity contribution in [3.05, 3.63) is 29.8 Å². The molecule has 0 aromatic heterocycles. The Morgan fingerprint density at radius 3 is 1.59 bits per heavy atom.